The third-order valence-electron chi connectivity index (χ3n) is 3.15. The molecule has 0 aliphatic rings. The minimum Gasteiger partial charge on any atom is -0.494 e. The van der Waals surface area contributed by atoms with Crippen molar-refractivity contribution in [3.8, 4) is 5.75 Å². The van der Waals surface area contributed by atoms with Crippen molar-refractivity contribution in [1.82, 2.24) is 5.32 Å². The fourth-order valence-electron chi connectivity index (χ4n) is 2.23. The Hall–Kier alpha value is -1.74. The second-order valence-electron chi connectivity index (χ2n) is 4.84. The molecule has 1 unspecified atom stereocenters. The Morgan fingerprint density at radius 2 is 2.05 bits per heavy atom. The lowest BCUT2D eigenvalue weighted by Gasteiger charge is -2.17. The summed E-state index contributed by atoms with van der Waals surface area (Å²) in [5, 5.41) is 3.54. The average Bonchev–Trinajstić information content (AvgIpc) is 2.87. The van der Waals surface area contributed by atoms with Crippen LogP contribution in [-0.2, 0) is 0 Å². The molecule has 3 heteroatoms. The maximum Gasteiger partial charge on any atom is 0.125 e. The highest BCUT2D eigenvalue weighted by Gasteiger charge is 2.17. The highest BCUT2D eigenvalue weighted by atomic mass is 16.5. The third-order valence-corrected chi connectivity index (χ3v) is 3.15. The van der Waals surface area contributed by atoms with Crippen LogP contribution in [0.15, 0.2) is 40.8 Å². The second-order valence-corrected chi connectivity index (χ2v) is 4.84. The van der Waals surface area contributed by atoms with Gasteiger partial charge in [0.2, 0.25) is 0 Å². The van der Waals surface area contributed by atoms with Crippen molar-refractivity contribution in [2.75, 3.05) is 13.2 Å². The third kappa shape index (κ3) is 3.64. The Bertz CT molecular complexity index is 533. The Kier molecular flexibility index (Phi) is 5.24. The summed E-state index contributed by atoms with van der Waals surface area (Å²) in [5.41, 5.74) is 1.17. The molecule has 0 amide bonds. The molecule has 1 aromatic heterocycles. The van der Waals surface area contributed by atoms with E-state index in [1.165, 1.54) is 5.56 Å². The van der Waals surface area contributed by atoms with Gasteiger partial charge in [0.15, 0.2) is 0 Å². The summed E-state index contributed by atoms with van der Waals surface area (Å²) in [7, 11) is 0. The zero-order chi connectivity index (χ0) is 14.4. The van der Waals surface area contributed by atoms with Crippen molar-refractivity contribution in [2.45, 2.75) is 33.2 Å². The maximum absolute atomic E-state index is 5.79. The molecule has 3 nitrogen and oxygen atoms in total. The van der Waals surface area contributed by atoms with Gasteiger partial charge in [-0.3, -0.25) is 0 Å². The Balaban J connectivity index is 2.28. The molecule has 1 aromatic carbocycles. The summed E-state index contributed by atoms with van der Waals surface area (Å²) in [6, 6.07) is 12.3. The molecule has 108 valence electrons. The second kappa shape index (κ2) is 7.15. The van der Waals surface area contributed by atoms with Crippen LogP contribution in [0.4, 0.5) is 0 Å². The summed E-state index contributed by atoms with van der Waals surface area (Å²) in [5.74, 6) is 2.78. The first-order valence-corrected chi connectivity index (χ1v) is 7.27. The standard InChI is InChI=1S/C17H23NO2/c1-4-11-18-17(16-10-9-13(3)20-16)14-7-6-8-15(12-14)19-5-2/h6-10,12,17-18H,4-5,11H2,1-3H3. The van der Waals surface area contributed by atoms with Crippen LogP contribution in [-0.4, -0.2) is 13.2 Å². The zero-order valence-electron chi connectivity index (χ0n) is 12.5. The molecular weight excluding hydrogens is 250 g/mol. The molecule has 0 fully saturated rings. The number of hydrogen-bond acceptors (Lipinski definition) is 3. The molecule has 1 N–H and O–H groups in total. The van der Waals surface area contributed by atoms with Crippen LogP contribution >= 0.6 is 0 Å². The van der Waals surface area contributed by atoms with Crippen LogP contribution in [0.2, 0.25) is 0 Å². The van der Waals surface area contributed by atoms with Gasteiger partial charge in [0.1, 0.15) is 17.3 Å². The molecule has 0 aliphatic heterocycles. The van der Waals surface area contributed by atoms with Gasteiger partial charge in [0, 0.05) is 0 Å². The molecule has 2 aromatic rings. The molecule has 0 bridgehead atoms. The van der Waals surface area contributed by atoms with Crippen LogP contribution in [0.25, 0.3) is 0 Å². The quantitative estimate of drug-likeness (QED) is 0.825. The van der Waals surface area contributed by atoms with Gasteiger partial charge < -0.3 is 14.5 Å². The van der Waals surface area contributed by atoms with Crippen molar-refractivity contribution in [3.05, 3.63) is 53.5 Å². The van der Waals surface area contributed by atoms with E-state index in [4.69, 9.17) is 9.15 Å². The van der Waals surface area contributed by atoms with E-state index in [0.717, 1.165) is 30.2 Å². The minimum absolute atomic E-state index is 0.0732. The molecule has 1 heterocycles. The lowest BCUT2D eigenvalue weighted by molar-refractivity contribution is 0.339. The van der Waals surface area contributed by atoms with Gasteiger partial charge in [0.25, 0.3) is 0 Å². The van der Waals surface area contributed by atoms with Crippen LogP contribution < -0.4 is 10.1 Å². The molecule has 0 spiro atoms. The number of hydrogen-bond donors (Lipinski definition) is 1. The number of aryl methyl sites for hydroxylation is 1. The van der Waals surface area contributed by atoms with Gasteiger partial charge in [-0.05, 0) is 56.6 Å². The zero-order valence-corrected chi connectivity index (χ0v) is 12.5. The normalized spacial score (nSPS) is 12.3. The van der Waals surface area contributed by atoms with E-state index in [2.05, 4.69) is 24.4 Å². The molecule has 0 radical (unpaired) electrons. The van der Waals surface area contributed by atoms with Gasteiger partial charge in [-0.15, -0.1) is 0 Å². The van der Waals surface area contributed by atoms with Gasteiger partial charge in [-0.1, -0.05) is 19.1 Å². The van der Waals surface area contributed by atoms with Gasteiger partial charge in [0.05, 0.1) is 12.6 Å². The number of benzene rings is 1. The van der Waals surface area contributed by atoms with Gasteiger partial charge in [-0.25, -0.2) is 0 Å². The summed E-state index contributed by atoms with van der Waals surface area (Å²) in [4.78, 5) is 0. The summed E-state index contributed by atoms with van der Waals surface area (Å²) in [6.07, 6.45) is 1.08. The van der Waals surface area contributed by atoms with E-state index in [9.17, 15) is 0 Å². The van der Waals surface area contributed by atoms with E-state index in [0.29, 0.717) is 6.61 Å². The van der Waals surface area contributed by atoms with Gasteiger partial charge in [-0.2, -0.15) is 0 Å². The van der Waals surface area contributed by atoms with Crippen LogP contribution in [0.5, 0.6) is 5.75 Å². The largest absolute Gasteiger partial charge is 0.494 e. The van der Waals surface area contributed by atoms with Crippen molar-refractivity contribution in [2.24, 2.45) is 0 Å². The van der Waals surface area contributed by atoms with Crippen LogP contribution in [0.3, 0.4) is 0 Å². The number of ether oxygens (including phenoxy) is 1. The highest BCUT2D eigenvalue weighted by molar-refractivity contribution is 5.34. The molecule has 0 aliphatic carbocycles. The highest BCUT2D eigenvalue weighted by Crippen LogP contribution is 2.26. The topological polar surface area (TPSA) is 34.4 Å². The lowest BCUT2D eigenvalue weighted by Crippen LogP contribution is -2.22. The predicted molar refractivity (Wildman–Crippen MR) is 81.2 cm³/mol. The summed E-state index contributed by atoms with van der Waals surface area (Å²) in [6.45, 7) is 7.75. The fraction of sp³-hybridized carbons (Fsp3) is 0.412. The molecule has 2 rings (SSSR count). The lowest BCUT2D eigenvalue weighted by atomic mass is 10.0. The van der Waals surface area contributed by atoms with Crippen molar-refractivity contribution in [3.63, 3.8) is 0 Å². The number of furan rings is 1. The molecule has 0 saturated heterocycles. The number of nitrogens with one attached hydrogen (secondary N) is 1. The maximum atomic E-state index is 5.79. The average molecular weight is 273 g/mol. The summed E-state index contributed by atoms with van der Waals surface area (Å²) >= 11 is 0. The Morgan fingerprint density at radius 3 is 2.70 bits per heavy atom. The van der Waals surface area contributed by atoms with E-state index < -0.39 is 0 Å². The summed E-state index contributed by atoms with van der Waals surface area (Å²) < 4.78 is 11.4. The van der Waals surface area contributed by atoms with E-state index in [-0.39, 0.29) is 6.04 Å². The van der Waals surface area contributed by atoms with Gasteiger partial charge >= 0.3 is 0 Å². The molecule has 0 saturated carbocycles. The van der Waals surface area contributed by atoms with Crippen molar-refractivity contribution >= 4 is 0 Å². The molecule has 20 heavy (non-hydrogen) atoms. The van der Waals surface area contributed by atoms with E-state index in [1.54, 1.807) is 0 Å². The Morgan fingerprint density at radius 1 is 1.20 bits per heavy atom. The predicted octanol–water partition coefficient (Wildman–Crippen LogP) is 4.08. The fourth-order valence-corrected chi connectivity index (χ4v) is 2.23. The first-order chi connectivity index (χ1) is 9.74. The van der Waals surface area contributed by atoms with Crippen molar-refractivity contribution < 1.29 is 9.15 Å². The number of rotatable bonds is 7. The van der Waals surface area contributed by atoms with Crippen molar-refractivity contribution in [1.29, 1.82) is 0 Å². The Labute approximate surface area is 121 Å². The molecule has 1 atom stereocenters. The van der Waals surface area contributed by atoms with E-state index in [1.807, 2.05) is 38.1 Å². The van der Waals surface area contributed by atoms with E-state index >= 15 is 0 Å². The first-order valence-electron chi connectivity index (χ1n) is 7.27. The monoisotopic (exact) mass is 273 g/mol. The van der Waals surface area contributed by atoms with Crippen LogP contribution in [0.1, 0.15) is 43.4 Å². The SMILES string of the molecule is CCCNC(c1cccc(OCC)c1)c1ccc(C)o1. The minimum atomic E-state index is 0.0732. The first kappa shape index (κ1) is 14.7. The molecular formula is C17H23NO2. The van der Waals surface area contributed by atoms with Crippen LogP contribution in [0, 0.1) is 6.92 Å². The smallest absolute Gasteiger partial charge is 0.125 e.